The van der Waals surface area contributed by atoms with Crippen LogP contribution in [0.2, 0.25) is 0 Å². The molecule has 1 amide bonds. The van der Waals surface area contributed by atoms with E-state index in [1.54, 1.807) is 0 Å². The Bertz CT molecular complexity index is 275. The zero-order chi connectivity index (χ0) is 15.0. The van der Waals surface area contributed by atoms with E-state index in [0.29, 0.717) is 24.3 Å². The highest BCUT2D eigenvalue weighted by Gasteiger charge is 2.19. The van der Waals surface area contributed by atoms with Gasteiger partial charge in [0.05, 0.1) is 0 Å². The second-order valence-corrected chi connectivity index (χ2v) is 6.52. The Kier molecular flexibility index (Phi) is 8.15. The van der Waals surface area contributed by atoms with Crippen molar-refractivity contribution in [3.05, 3.63) is 0 Å². The lowest BCUT2D eigenvalue weighted by Crippen LogP contribution is -2.40. The zero-order valence-electron chi connectivity index (χ0n) is 13.5. The topological polar surface area (TPSA) is 58.4 Å². The molecule has 20 heavy (non-hydrogen) atoms. The number of carbonyl (C=O) groups is 1. The van der Waals surface area contributed by atoms with Crippen molar-refractivity contribution in [2.75, 3.05) is 26.2 Å². The van der Waals surface area contributed by atoms with Gasteiger partial charge in [-0.15, -0.1) is 0 Å². The Balaban J connectivity index is 2.18. The lowest BCUT2D eigenvalue weighted by atomic mass is 9.88. The molecule has 1 saturated heterocycles. The molecule has 0 aliphatic carbocycles. The van der Waals surface area contributed by atoms with E-state index in [1.807, 2.05) is 0 Å². The first kappa shape index (κ1) is 17.4. The lowest BCUT2D eigenvalue weighted by molar-refractivity contribution is -0.121. The standard InChI is InChI=1S/C16H33N3O/c1-13(2)15(8-9-17)6-7-16(20)18-12-14(3)19-10-4-5-11-19/h13-15H,4-12,17H2,1-3H3,(H,18,20). The minimum absolute atomic E-state index is 0.193. The van der Waals surface area contributed by atoms with Crippen molar-refractivity contribution in [2.24, 2.45) is 17.6 Å². The minimum atomic E-state index is 0.193. The maximum atomic E-state index is 11.9. The van der Waals surface area contributed by atoms with Gasteiger partial charge in [-0.1, -0.05) is 13.8 Å². The average molecular weight is 283 g/mol. The Labute approximate surface area is 124 Å². The summed E-state index contributed by atoms with van der Waals surface area (Å²) in [6, 6.07) is 0.464. The molecule has 1 fully saturated rings. The first-order valence-corrected chi connectivity index (χ1v) is 8.25. The number of likely N-dealkylation sites (tertiary alicyclic amines) is 1. The molecule has 4 heteroatoms. The van der Waals surface area contributed by atoms with Crippen LogP contribution in [0.5, 0.6) is 0 Å². The van der Waals surface area contributed by atoms with Gasteiger partial charge in [-0.2, -0.15) is 0 Å². The number of amides is 1. The number of nitrogens with zero attached hydrogens (tertiary/aromatic N) is 1. The summed E-state index contributed by atoms with van der Waals surface area (Å²) in [4.78, 5) is 14.4. The zero-order valence-corrected chi connectivity index (χ0v) is 13.5. The summed E-state index contributed by atoms with van der Waals surface area (Å²) >= 11 is 0. The Morgan fingerprint density at radius 3 is 2.40 bits per heavy atom. The van der Waals surface area contributed by atoms with Crippen LogP contribution >= 0.6 is 0 Å². The fraction of sp³-hybridized carbons (Fsp3) is 0.938. The van der Waals surface area contributed by atoms with Gasteiger partial charge in [0.15, 0.2) is 0 Å². The van der Waals surface area contributed by atoms with Crippen LogP contribution < -0.4 is 11.1 Å². The number of rotatable bonds is 9. The molecule has 1 aliphatic heterocycles. The summed E-state index contributed by atoms with van der Waals surface area (Å²) in [5, 5.41) is 3.08. The van der Waals surface area contributed by atoms with Crippen molar-refractivity contribution in [2.45, 2.75) is 58.9 Å². The van der Waals surface area contributed by atoms with Crippen LogP contribution in [0.4, 0.5) is 0 Å². The van der Waals surface area contributed by atoms with Crippen molar-refractivity contribution in [3.8, 4) is 0 Å². The molecule has 2 atom stereocenters. The Morgan fingerprint density at radius 1 is 1.20 bits per heavy atom. The van der Waals surface area contributed by atoms with Crippen LogP contribution in [0.3, 0.4) is 0 Å². The van der Waals surface area contributed by atoms with Crippen LogP contribution in [0.25, 0.3) is 0 Å². The summed E-state index contributed by atoms with van der Waals surface area (Å²) in [6.07, 6.45) is 5.21. The maximum Gasteiger partial charge on any atom is 0.220 e. The van der Waals surface area contributed by atoms with Gasteiger partial charge in [-0.05, 0) is 64.1 Å². The second kappa shape index (κ2) is 9.35. The van der Waals surface area contributed by atoms with Gasteiger partial charge >= 0.3 is 0 Å². The van der Waals surface area contributed by atoms with Crippen molar-refractivity contribution >= 4 is 5.91 Å². The molecule has 0 aromatic carbocycles. The molecule has 4 nitrogen and oxygen atoms in total. The first-order chi connectivity index (χ1) is 9.54. The van der Waals surface area contributed by atoms with E-state index in [9.17, 15) is 4.79 Å². The van der Waals surface area contributed by atoms with Gasteiger partial charge in [0, 0.05) is 19.0 Å². The predicted molar refractivity (Wildman–Crippen MR) is 84.5 cm³/mol. The van der Waals surface area contributed by atoms with Crippen LogP contribution in [0.1, 0.15) is 52.9 Å². The monoisotopic (exact) mass is 283 g/mol. The van der Waals surface area contributed by atoms with Gasteiger partial charge in [0.2, 0.25) is 5.91 Å². The van der Waals surface area contributed by atoms with Gasteiger partial charge in [0.1, 0.15) is 0 Å². The fourth-order valence-corrected chi connectivity index (χ4v) is 3.00. The number of nitrogens with one attached hydrogen (secondary N) is 1. The smallest absolute Gasteiger partial charge is 0.220 e. The Hall–Kier alpha value is -0.610. The largest absolute Gasteiger partial charge is 0.355 e. The van der Waals surface area contributed by atoms with Crippen molar-refractivity contribution in [3.63, 3.8) is 0 Å². The summed E-state index contributed by atoms with van der Waals surface area (Å²) in [7, 11) is 0. The van der Waals surface area contributed by atoms with E-state index >= 15 is 0 Å². The molecule has 0 bridgehead atoms. The molecule has 118 valence electrons. The molecule has 1 heterocycles. The second-order valence-electron chi connectivity index (χ2n) is 6.52. The van der Waals surface area contributed by atoms with Gasteiger partial charge < -0.3 is 11.1 Å². The first-order valence-electron chi connectivity index (χ1n) is 8.25. The third-order valence-electron chi connectivity index (χ3n) is 4.58. The van der Waals surface area contributed by atoms with E-state index in [2.05, 4.69) is 31.0 Å². The van der Waals surface area contributed by atoms with E-state index in [-0.39, 0.29) is 5.91 Å². The summed E-state index contributed by atoms with van der Waals surface area (Å²) < 4.78 is 0. The van der Waals surface area contributed by atoms with E-state index in [4.69, 9.17) is 5.73 Å². The molecule has 0 saturated carbocycles. The van der Waals surface area contributed by atoms with E-state index in [1.165, 1.54) is 25.9 Å². The number of hydrogen-bond acceptors (Lipinski definition) is 3. The molecule has 0 radical (unpaired) electrons. The third kappa shape index (κ3) is 6.23. The quantitative estimate of drug-likeness (QED) is 0.680. The lowest BCUT2D eigenvalue weighted by Gasteiger charge is -2.24. The number of nitrogens with two attached hydrogens (primary N) is 1. The fourth-order valence-electron chi connectivity index (χ4n) is 3.00. The molecule has 1 rings (SSSR count). The van der Waals surface area contributed by atoms with Gasteiger partial charge in [-0.25, -0.2) is 0 Å². The minimum Gasteiger partial charge on any atom is -0.355 e. The van der Waals surface area contributed by atoms with Crippen molar-refractivity contribution in [1.82, 2.24) is 10.2 Å². The predicted octanol–water partition coefficient (Wildman–Crippen LogP) is 1.99. The molecule has 0 aromatic heterocycles. The summed E-state index contributed by atoms with van der Waals surface area (Å²) in [5.41, 5.74) is 5.64. The van der Waals surface area contributed by atoms with E-state index in [0.717, 1.165) is 25.9 Å². The summed E-state index contributed by atoms with van der Waals surface area (Å²) in [6.45, 7) is 10.5. The highest BCUT2D eigenvalue weighted by Crippen LogP contribution is 2.20. The SMILES string of the molecule is CC(C)C(CCN)CCC(=O)NCC(C)N1CCCC1. The molecular formula is C16H33N3O. The highest BCUT2D eigenvalue weighted by molar-refractivity contribution is 5.75. The molecular weight excluding hydrogens is 250 g/mol. The number of hydrogen-bond donors (Lipinski definition) is 2. The van der Waals surface area contributed by atoms with Gasteiger partial charge in [0.25, 0.3) is 0 Å². The molecule has 3 N–H and O–H groups in total. The Morgan fingerprint density at radius 2 is 1.85 bits per heavy atom. The van der Waals surface area contributed by atoms with E-state index < -0.39 is 0 Å². The van der Waals surface area contributed by atoms with Crippen LogP contribution in [0.15, 0.2) is 0 Å². The van der Waals surface area contributed by atoms with Gasteiger partial charge in [-0.3, -0.25) is 9.69 Å². The highest BCUT2D eigenvalue weighted by atomic mass is 16.1. The molecule has 2 unspecified atom stereocenters. The van der Waals surface area contributed by atoms with Crippen molar-refractivity contribution < 1.29 is 4.79 Å². The van der Waals surface area contributed by atoms with Crippen LogP contribution in [-0.2, 0) is 4.79 Å². The summed E-state index contributed by atoms with van der Waals surface area (Å²) in [5.74, 6) is 1.37. The normalized spacial score (nSPS) is 19.2. The number of carbonyl (C=O) groups excluding carboxylic acids is 1. The molecule has 0 aromatic rings. The average Bonchev–Trinajstić information content (AvgIpc) is 2.94. The van der Waals surface area contributed by atoms with Crippen LogP contribution in [0, 0.1) is 11.8 Å². The molecule has 0 spiro atoms. The third-order valence-corrected chi connectivity index (χ3v) is 4.58. The maximum absolute atomic E-state index is 11.9. The van der Waals surface area contributed by atoms with Crippen molar-refractivity contribution in [1.29, 1.82) is 0 Å². The van der Waals surface area contributed by atoms with Crippen LogP contribution in [-0.4, -0.2) is 43.0 Å². The molecule has 1 aliphatic rings.